The van der Waals surface area contributed by atoms with E-state index in [0.29, 0.717) is 40.4 Å². The van der Waals surface area contributed by atoms with Crippen molar-refractivity contribution in [3.8, 4) is 17.2 Å². The van der Waals surface area contributed by atoms with E-state index in [1.54, 1.807) is 43.5 Å². The Labute approximate surface area is 156 Å². The van der Waals surface area contributed by atoms with Crippen LogP contribution in [0.1, 0.15) is 30.6 Å². The zero-order valence-electron chi connectivity index (χ0n) is 14.6. The first kappa shape index (κ1) is 19.1. The molecule has 2 aromatic carbocycles. The number of ether oxygens (including phenoxy) is 3. The van der Waals surface area contributed by atoms with Crippen LogP contribution in [0.15, 0.2) is 40.9 Å². The number of benzene rings is 2. The number of rotatable bonds is 8. The summed E-state index contributed by atoms with van der Waals surface area (Å²) in [6, 6.07) is 10.6. The van der Waals surface area contributed by atoms with Crippen LogP contribution in [0.5, 0.6) is 17.2 Å². The van der Waals surface area contributed by atoms with Gasteiger partial charge in [-0.2, -0.15) is 0 Å². The van der Waals surface area contributed by atoms with E-state index in [9.17, 15) is 4.79 Å². The lowest BCUT2D eigenvalue weighted by molar-refractivity contribution is 0.102. The molecular formula is C19H22BrNO4. The van der Waals surface area contributed by atoms with E-state index in [1.807, 2.05) is 13.8 Å². The van der Waals surface area contributed by atoms with Crippen LogP contribution in [0, 0.1) is 0 Å². The van der Waals surface area contributed by atoms with Gasteiger partial charge in [0, 0.05) is 11.3 Å². The molecule has 0 heterocycles. The molecule has 0 unspecified atom stereocenters. The zero-order valence-corrected chi connectivity index (χ0v) is 16.2. The molecule has 1 amide bonds. The van der Waals surface area contributed by atoms with Crippen molar-refractivity contribution in [3.63, 3.8) is 0 Å². The molecule has 1 N–H and O–H groups in total. The van der Waals surface area contributed by atoms with E-state index >= 15 is 0 Å². The molecule has 0 saturated heterocycles. The number of hydrogen-bond acceptors (Lipinski definition) is 4. The normalized spacial score (nSPS) is 10.2. The van der Waals surface area contributed by atoms with Crippen LogP contribution in [0.4, 0.5) is 5.69 Å². The number of nitrogens with one attached hydrogen (secondary N) is 1. The van der Waals surface area contributed by atoms with Gasteiger partial charge in [-0.15, -0.1) is 0 Å². The van der Waals surface area contributed by atoms with Crippen LogP contribution in [0.25, 0.3) is 0 Å². The van der Waals surface area contributed by atoms with E-state index in [2.05, 4.69) is 21.2 Å². The van der Waals surface area contributed by atoms with Crippen LogP contribution in [0.3, 0.4) is 0 Å². The Hall–Kier alpha value is -2.21. The lowest BCUT2D eigenvalue weighted by Crippen LogP contribution is -2.12. The summed E-state index contributed by atoms with van der Waals surface area (Å²) in [6.45, 7) is 4.99. The monoisotopic (exact) mass is 407 g/mol. The van der Waals surface area contributed by atoms with Crippen molar-refractivity contribution in [2.24, 2.45) is 0 Å². The van der Waals surface area contributed by atoms with Crippen LogP contribution in [0.2, 0.25) is 0 Å². The Morgan fingerprint density at radius 2 is 1.84 bits per heavy atom. The van der Waals surface area contributed by atoms with Crippen LogP contribution >= 0.6 is 15.9 Å². The molecule has 0 radical (unpaired) electrons. The summed E-state index contributed by atoms with van der Waals surface area (Å²) in [5.41, 5.74) is 1.17. The third-order valence-corrected chi connectivity index (χ3v) is 3.96. The van der Waals surface area contributed by atoms with Gasteiger partial charge in [0.05, 0.1) is 24.8 Å². The Kier molecular flexibility index (Phi) is 7.13. The number of amides is 1. The summed E-state index contributed by atoms with van der Waals surface area (Å²) in [6.07, 6.45) is 0.887. The van der Waals surface area contributed by atoms with Gasteiger partial charge in [-0.1, -0.05) is 6.92 Å². The maximum atomic E-state index is 12.5. The molecule has 25 heavy (non-hydrogen) atoms. The number of halogens is 1. The summed E-state index contributed by atoms with van der Waals surface area (Å²) in [5.74, 6) is 1.67. The highest BCUT2D eigenvalue weighted by molar-refractivity contribution is 9.10. The third kappa shape index (κ3) is 5.13. The molecule has 0 spiro atoms. The van der Waals surface area contributed by atoms with Gasteiger partial charge in [0.15, 0.2) is 11.5 Å². The minimum Gasteiger partial charge on any atom is -0.497 e. The van der Waals surface area contributed by atoms with E-state index in [0.717, 1.165) is 12.2 Å². The van der Waals surface area contributed by atoms with Gasteiger partial charge in [0.1, 0.15) is 5.75 Å². The van der Waals surface area contributed by atoms with Gasteiger partial charge in [0.25, 0.3) is 5.91 Å². The van der Waals surface area contributed by atoms with Gasteiger partial charge in [-0.3, -0.25) is 4.79 Å². The van der Waals surface area contributed by atoms with E-state index in [1.165, 1.54) is 0 Å². The number of anilines is 1. The predicted molar refractivity (Wildman–Crippen MR) is 102 cm³/mol. The first-order valence-electron chi connectivity index (χ1n) is 8.13. The average molecular weight is 408 g/mol. The van der Waals surface area contributed by atoms with Crippen molar-refractivity contribution in [2.75, 3.05) is 25.6 Å². The summed E-state index contributed by atoms with van der Waals surface area (Å²) in [7, 11) is 1.60. The fraction of sp³-hybridized carbons (Fsp3) is 0.316. The van der Waals surface area contributed by atoms with Crippen LogP contribution in [-0.2, 0) is 0 Å². The summed E-state index contributed by atoms with van der Waals surface area (Å²) in [4.78, 5) is 12.5. The maximum absolute atomic E-state index is 12.5. The Morgan fingerprint density at radius 3 is 2.44 bits per heavy atom. The summed E-state index contributed by atoms with van der Waals surface area (Å²) >= 11 is 3.47. The molecule has 0 aliphatic heterocycles. The van der Waals surface area contributed by atoms with Crippen molar-refractivity contribution in [1.82, 2.24) is 0 Å². The van der Waals surface area contributed by atoms with Crippen molar-refractivity contribution in [1.29, 1.82) is 0 Å². The van der Waals surface area contributed by atoms with E-state index in [4.69, 9.17) is 14.2 Å². The first-order valence-corrected chi connectivity index (χ1v) is 8.92. The van der Waals surface area contributed by atoms with Gasteiger partial charge in [-0.25, -0.2) is 0 Å². The standard InChI is InChI=1S/C19H22BrNO4/c1-4-10-25-18-16(20)11-13(12-17(18)24-5-2)19(22)21-14-6-8-15(23-3)9-7-14/h6-9,11-12H,4-5,10H2,1-3H3,(H,21,22). The largest absolute Gasteiger partial charge is 0.497 e. The molecular weight excluding hydrogens is 386 g/mol. The van der Waals surface area contributed by atoms with Crippen LogP contribution < -0.4 is 19.5 Å². The van der Waals surface area contributed by atoms with Crippen molar-refractivity contribution in [3.05, 3.63) is 46.4 Å². The molecule has 0 aromatic heterocycles. The molecule has 2 aromatic rings. The van der Waals surface area contributed by atoms with Crippen molar-refractivity contribution >= 4 is 27.5 Å². The Balaban J connectivity index is 2.22. The number of hydrogen-bond donors (Lipinski definition) is 1. The molecule has 0 aliphatic rings. The number of carbonyl (C=O) groups excluding carboxylic acids is 1. The quantitative estimate of drug-likeness (QED) is 0.675. The van der Waals surface area contributed by atoms with E-state index < -0.39 is 0 Å². The van der Waals surface area contributed by atoms with Gasteiger partial charge < -0.3 is 19.5 Å². The maximum Gasteiger partial charge on any atom is 0.255 e. The molecule has 0 bridgehead atoms. The summed E-state index contributed by atoms with van der Waals surface area (Å²) in [5, 5.41) is 2.86. The fourth-order valence-electron chi connectivity index (χ4n) is 2.18. The van der Waals surface area contributed by atoms with Gasteiger partial charge >= 0.3 is 0 Å². The molecule has 2 rings (SSSR count). The SMILES string of the molecule is CCCOc1c(Br)cc(C(=O)Nc2ccc(OC)cc2)cc1OCC. The van der Waals surface area contributed by atoms with Gasteiger partial charge in [-0.05, 0) is 65.7 Å². The molecule has 5 nitrogen and oxygen atoms in total. The van der Waals surface area contributed by atoms with E-state index in [-0.39, 0.29) is 5.91 Å². The number of carbonyl (C=O) groups is 1. The molecule has 0 saturated carbocycles. The second-order valence-electron chi connectivity index (χ2n) is 5.25. The number of methoxy groups -OCH3 is 1. The highest BCUT2D eigenvalue weighted by Gasteiger charge is 2.16. The molecule has 0 atom stereocenters. The topological polar surface area (TPSA) is 56.8 Å². The highest BCUT2D eigenvalue weighted by atomic mass is 79.9. The summed E-state index contributed by atoms with van der Waals surface area (Å²) < 4.78 is 17.2. The zero-order chi connectivity index (χ0) is 18.2. The fourth-order valence-corrected chi connectivity index (χ4v) is 2.74. The Bertz CT molecular complexity index is 716. The lowest BCUT2D eigenvalue weighted by Gasteiger charge is -2.15. The lowest BCUT2D eigenvalue weighted by atomic mass is 10.1. The molecule has 6 heteroatoms. The van der Waals surface area contributed by atoms with Crippen molar-refractivity contribution in [2.45, 2.75) is 20.3 Å². The second kappa shape index (κ2) is 9.32. The molecule has 134 valence electrons. The van der Waals surface area contributed by atoms with Crippen molar-refractivity contribution < 1.29 is 19.0 Å². The average Bonchev–Trinajstić information content (AvgIpc) is 2.61. The second-order valence-corrected chi connectivity index (χ2v) is 6.10. The third-order valence-electron chi connectivity index (χ3n) is 3.37. The highest BCUT2D eigenvalue weighted by Crippen LogP contribution is 2.37. The van der Waals surface area contributed by atoms with Gasteiger partial charge in [0.2, 0.25) is 0 Å². The minimum atomic E-state index is -0.228. The van der Waals surface area contributed by atoms with Crippen LogP contribution in [-0.4, -0.2) is 26.2 Å². The minimum absolute atomic E-state index is 0.228. The molecule has 0 fully saturated rings. The Morgan fingerprint density at radius 1 is 1.12 bits per heavy atom. The smallest absolute Gasteiger partial charge is 0.255 e. The predicted octanol–water partition coefficient (Wildman–Crippen LogP) is 4.90. The molecule has 0 aliphatic carbocycles. The first-order chi connectivity index (χ1) is 12.1.